The first kappa shape index (κ1) is 12.3. The molecule has 0 N–H and O–H groups in total. The van der Waals surface area contributed by atoms with Crippen molar-refractivity contribution >= 4 is 5.69 Å². The van der Waals surface area contributed by atoms with Gasteiger partial charge in [0, 0.05) is 18.8 Å². The summed E-state index contributed by atoms with van der Waals surface area (Å²) in [5, 5.41) is 0. The van der Waals surface area contributed by atoms with E-state index in [-0.39, 0.29) is 0 Å². The fourth-order valence-electron chi connectivity index (χ4n) is 2.01. The molecule has 94 valence electrons. The largest absolute Gasteiger partial charge is 0.416 e. The summed E-state index contributed by atoms with van der Waals surface area (Å²) in [5.74, 6) is 1.30. The Balaban J connectivity index is 2.01. The molecule has 1 aliphatic heterocycles. The average molecular weight is 243 g/mol. The first-order valence-electron chi connectivity index (χ1n) is 5.80. The summed E-state index contributed by atoms with van der Waals surface area (Å²) < 4.78 is 37.1. The fraction of sp³-hybridized carbons (Fsp3) is 0.538. The minimum Gasteiger partial charge on any atom is -0.371 e. The standard InChI is InChI=1S/C13H16F3N/c1-9(2)10-7-17(8-10)12-5-3-11(4-6-12)13(14,15)16/h3-6,9-10H,7-8H2,1-2H3. The lowest BCUT2D eigenvalue weighted by molar-refractivity contribution is -0.137. The second kappa shape index (κ2) is 4.24. The van der Waals surface area contributed by atoms with Crippen LogP contribution in [0.15, 0.2) is 24.3 Å². The van der Waals surface area contributed by atoms with Crippen molar-refractivity contribution in [3.63, 3.8) is 0 Å². The summed E-state index contributed by atoms with van der Waals surface area (Å²) in [6.45, 7) is 6.25. The molecule has 2 rings (SSSR count). The molecule has 0 radical (unpaired) electrons. The summed E-state index contributed by atoms with van der Waals surface area (Å²) in [7, 11) is 0. The molecule has 0 aromatic heterocycles. The Bertz CT molecular complexity index is 375. The summed E-state index contributed by atoms with van der Waals surface area (Å²) in [5.41, 5.74) is 0.303. The Hall–Kier alpha value is -1.19. The number of anilines is 1. The molecule has 0 bridgehead atoms. The SMILES string of the molecule is CC(C)C1CN(c2ccc(C(F)(F)F)cc2)C1. The van der Waals surface area contributed by atoms with Gasteiger partial charge in [-0.1, -0.05) is 13.8 Å². The maximum absolute atomic E-state index is 12.4. The van der Waals surface area contributed by atoms with E-state index in [1.165, 1.54) is 0 Å². The van der Waals surface area contributed by atoms with E-state index in [0.29, 0.717) is 11.8 Å². The van der Waals surface area contributed by atoms with Gasteiger partial charge in [0.25, 0.3) is 0 Å². The Kier molecular flexibility index (Phi) is 3.06. The number of nitrogens with zero attached hydrogens (tertiary/aromatic N) is 1. The topological polar surface area (TPSA) is 3.24 Å². The van der Waals surface area contributed by atoms with Gasteiger partial charge < -0.3 is 4.90 Å². The van der Waals surface area contributed by atoms with Gasteiger partial charge in [0.15, 0.2) is 0 Å². The molecular weight excluding hydrogens is 227 g/mol. The third-order valence-corrected chi connectivity index (χ3v) is 3.41. The van der Waals surface area contributed by atoms with Crippen LogP contribution in [0.3, 0.4) is 0 Å². The van der Waals surface area contributed by atoms with Gasteiger partial charge in [-0.05, 0) is 36.1 Å². The van der Waals surface area contributed by atoms with E-state index in [0.717, 1.165) is 30.9 Å². The second-order valence-corrected chi connectivity index (χ2v) is 4.95. The van der Waals surface area contributed by atoms with Crippen molar-refractivity contribution in [2.24, 2.45) is 11.8 Å². The summed E-state index contributed by atoms with van der Waals surface area (Å²) >= 11 is 0. The number of halogens is 3. The highest BCUT2D eigenvalue weighted by Gasteiger charge is 2.32. The number of alkyl halides is 3. The molecule has 4 heteroatoms. The first-order valence-corrected chi connectivity index (χ1v) is 5.80. The highest BCUT2D eigenvalue weighted by molar-refractivity contribution is 5.50. The van der Waals surface area contributed by atoms with E-state index in [9.17, 15) is 13.2 Å². The number of hydrogen-bond acceptors (Lipinski definition) is 1. The highest BCUT2D eigenvalue weighted by Crippen LogP contribution is 2.33. The molecule has 1 fully saturated rings. The molecule has 0 atom stereocenters. The molecule has 1 heterocycles. The van der Waals surface area contributed by atoms with Gasteiger partial charge >= 0.3 is 6.18 Å². The van der Waals surface area contributed by atoms with Gasteiger partial charge in [-0.3, -0.25) is 0 Å². The fourth-order valence-corrected chi connectivity index (χ4v) is 2.01. The Morgan fingerprint density at radius 3 is 2.06 bits per heavy atom. The van der Waals surface area contributed by atoms with Crippen LogP contribution in [0.5, 0.6) is 0 Å². The average Bonchev–Trinajstić information content (AvgIpc) is 2.14. The van der Waals surface area contributed by atoms with Crippen LogP contribution in [-0.4, -0.2) is 13.1 Å². The molecule has 0 aliphatic carbocycles. The zero-order chi connectivity index (χ0) is 12.6. The summed E-state index contributed by atoms with van der Waals surface area (Å²) in [4.78, 5) is 2.12. The Morgan fingerprint density at radius 1 is 1.12 bits per heavy atom. The zero-order valence-electron chi connectivity index (χ0n) is 9.96. The maximum Gasteiger partial charge on any atom is 0.416 e. The smallest absolute Gasteiger partial charge is 0.371 e. The quantitative estimate of drug-likeness (QED) is 0.763. The maximum atomic E-state index is 12.4. The van der Waals surface area contributed by atoms with Crippen LogP contribution in [0.2, 0.25) is 0 Å². The second-order valence-electron chi connectivity index (χ2n) is 4.95. The normalized spacial score (nSPS) is 17.4. The van der Waals surface area contributed by atoms with Gasteiger partial charge in [0.2, 0.25) is 0 Å². The summed E-state index contributed by atoms with van der Waals surface area (Å²) in [6.07, 6.45) is -4.24. The van der Waals surface area contributed by atoms with E-state index in [1.54, 1.807) is 12.1 Å². The monoisotopic (exact) mass is 243 g/mol. The first-order chi connectivity index (χ1) is 7.88. The molecule has 1 aromatic carbocycles. The van der Waals surface area contributed by atoms with Crippen molar-refractivity contribution in [1.29, 1.82) is 0 Å². The minimum absolute atomic E-state index is 0.581. The van der Waals surface area contributed by atoms with Gasteiger partial charge in [0.1, 0.15) is 0 Å². The molecule has 0 unspecified atom stereocenters. The molecule has 0 spiro atoms. The third kappa shape index (κ3) is 2.56. The number of hydrogen-bond donors (Lipinski definition) is 0. The van der Waals surface area contributed by atoms with Crippen molar-refractivity contribution in [3.05, 3.63) is 29.8 Å². The lowest BCUT2D eigenvalue weighted by Crippen LogP contribution is -2.49. The van der Waals surface area contributed by atoms with E-state index in [1.807, 2.05) is 0 Å². The Morgan fingerprint density at radius 2 is 1.65 bits per heavy atom. The molecule has 1 nitrogen and oxygen atoms in total. The van der Waals surface area contributed by atoms with Gasteiger partial charge in [0.05, 0.1) is 5.56 Å². The van der Waals surface area contributed by atoms with Crippen LogP contribution in [-0.2, 0) is 6.18 Å². The van der Waals surface area contributed by atoms with Gasteiger partial charge in [-0.25, -0.2) is 0 Å². The molecule has 1 aliphatic rings. The highest BCUT2D eigenvalue weighted by atomic mass is 19.4. The van der Waals surface area contributed by atoms with Crippen molar-refractivity contribution in [2.45, 2.75) is 20.0 Å². The van der Waals surface area contributed by atoms with Crippen LogP contribution in [0, 0.1) is 11.8 Å². The van der Waals surface area contributed by atoms with Crippen LogP contribution in [0.4, 0.5) is 18.9 Å². The van der Waals surface area contributed by atoms with Gasteiger partial charge in [-0.15, -0.1) is 0 Å². The van der Waals surface area contributed by atoms with E-state index in [4.69, 9.17) is 0 Å². The minimum atomic E-state index is -4.24. The molecule has 0 saturated carbocycles. The third-order valence-electron chi connectivity index (χ3n) is 3.41. The van der Waals surface area contributed by atoms with Crippen LogP contribution in [0.1, 0.15) is 19.4 Å². The van der Waals surface area contributed by atoms with Crippen LogP contribution >= 0.6 is 0 Å². The lowest BCUT2D eigenvalue weighted by atomic mass is 9.88. The molecule has 0 amide bonds. The van der Waals surface area contributed by atoms with E-state index in [2.05, 4.69) is 18.7 Å². The number of benzene rings is 1. The van der Waals surface area contributed by atoms with Gasteiger partial charge in [-0.2, -0.15) is 13.2 Å². The molecular formula is C13H16F3N. The summed E-state index contributed by atoms with van der Waals surface area (Å²) in [6, 6.07) is 5.41. The number of rotatable bonds is 2. The van der Waals surface area contributed by atoms with Crippen LogP contribution in [0.25, 0.3) is 0 Å². The van der Waals surface area contributed by atoms with Crippen molar-refractivity contribution in [2.75, 3.05) is 18.0 Å². The Labute approximate surface area is 99.2 Å². The van der Waals surface area contributed by atoms with Crippen molar-refractivity contribution < 1.29 is 13.2 Å². The molecule has 1 aromatic rings. The van der Waals surface area contributed by atoms with E-state index >= 15 is 0 Å². The lowest BCUT2D eigenvalue weighted by Gasteiger charge is -2.43. The van der Waals surface area contributed by atoms with Crippen molar-refractivity contribution in [1.82, 2.24) is 0 Å². The predicted molar refractivity (Wildman–Crippen MR) is 62.0 cm³/mol. The van der Waals surface area contributed by atoms with Crippen molar-refractivity contribution in [3.8, 4) is 0 Å². The zero-order valence-corrected chi connectivity index (χ0v) is 9.96. The van der Waals surface area contributed by atoms with Crippen LogP contribution < -0.4 is 4.90 Å². The predicted octanol–water partition coefficient (Wildman–Crippen LogP) is 3.80. The molecule has 1 saturated heterocycles. The van der Waals surface area contributed by atoms with E-state index < -0.39 is 11.7 Å². The molecule has 17 heavy (non-hydrogen) atoms.